The van der Waals surface area contributed by atoms with Crippen LogP contribution in [-0.4, -0.2) is 38.6 Å². The molecule has 0 saturated carbocycles. The molecule has 0 spiro atoms. The van der Waals surface area contributed by atoms with Crippen molar-refractivity contribution >= 4 is 0 Å². The van der Waals surface area contributed by atoms with E-state index in [-0.39, 0.29) is 12.2 Å². The summed E-state index contributed by atoms with van der Waals surface area (Å²) in [5, 5.41) is 0. The number of benzene rings is 2. The van der Waals surface area contributed by atoms with Crippen molar-refractivity contribution in [3.8, 4) is 22.6 Å². The molecular formula is C22H26O4. The van der Waals surface area contributed by atoms with Crippen molar-refractivity contribution in [2.75, 3.05) is 26.4 Å². The Kier molecular flexibility index (Phi) is 4.63. The molecule has 0 N–H and O–H groups in total. The first-order valence-corrected chi connectivity index (χ1v) is 9.23. The lowest BCUT2D eigenvalue weighted by Crippen LogP contribution is -2.10. The first-order chi connectivity index (χ1) is 12.5. The van der Waals surface area contributed by atoms with Gasteiger partial charge in [-0.25, -0.2) is 0 Å². The number of ether oxygens (including phenoxy) is 4. The van der Waals surface area contributed by atoms with Crippen LogP contribution in [0.5, 0.6) is 11.5 Å². The van der Waals surface area contributed by atoms with Gasteiger partial charge in [-0.1, -0.05) is 29.3 Å². The van der Waals surface area contributed by atoms with Crippen LogP contribution in [0.3, 0.4) is 0 Å². The van der Waals surface area contributed by atoms with Crippen molar-refractivity contribution in [1.29, 1.82) is 0 Å². The third kappa shape index (κ3) is 3.87. The second kappa shape index (κ2) is 6.93. The van der Waals surface area contributed by atoms with Gasteiger partial charge in [-0.3, -0.25) is 0 Å². The van der Waals surface area contributed by atoms with Crippen LogP contribution in [0.2, 0.25) is 0 Å². The lowest BCUT2D eigenvalue weighted by atomic mass is 9.95. The molecule has 0 aromatic heterocycles. The SMILES string of the molecule is Cc1cc(C)cc(-c2cc(C)c(OCC3CO3)c(C)c2OCC2CO2)c1. The van der Waals surface area contributed by atoms with Crippen molar-refractivity contribution in [1.82, 2.24) is 0 Å². The van der Waals surface area contributed by atoms with Gasteiger partial charge >= 0.3 is 0 Å². The molecule has 26 heavy (non-hydrogen) atoms. The Morgan fingerprint density at radius 3 is 1.88 bits per heavy atom. The van der Waals surface area contributed by atoms with Crippen molar-refractivity contribution in [3.05, 3.63) is 46.5 Å². The second-order valence-electron chi connectivity index (χ2n) is 7.43. The van der Waals surface area contributed by atoms with Gasteiger partial charge in [0.15, 0.2) is 0 Å². The first kappa shape index (κ1) is 17.4. The molecule has 138 valence electrons. The van der Waals surface area contributed by atoms with Crippen molar-refractivity contribution < 1.29 is 18.9 Å². The van der Waals surface area contributed by atoms with E-state index >= 15 is 0 Å². The van der Waals surface area contributed by atoms with Gasteiger partial charge < -0.3 is 18.9 Å². The van der Waals surface area contributed by atoms with E-state index in [1.807, 2.05) is 0 Å². The smallest absolute Gasteiger partial charge is 0.133 e. The number of hydrogen-bond acceptors (Lipinski definition) is 4. The number of aryl methyl sites for hydroxylation is 3. The standard InChI is InChI=1S/C22H26O4/c1-13-5-14(2)7-17(6-13)20-8-15(3)21(25-11-18-9-23-18)16(4)22(20)26-12-19-10-24-19/h5-8,18-19H,9-12H2,1-4H3. The maximum absolute atomic E-state index is 6.21. The van der Waals surface area contributed by atoms with Gasteiger partial charge in [0.05, 0.1) is 13.2 Å². The van der Waals surface area contributed by atoms with E-state index in [9.17, 15) is 0 Å². The largest absolute Gasteiger partial charge is 0.490 e. The summed E-state index contributed by atoms with van der Waals surface area (Å²) in [6, 6.07) is 8.78. The van der Waals surface area contributed by atoms with Gasteiger partial charge in [0.25, 0.3) is 0 Å². The summed E-state index contributed by atoms with van der Waals surface area (Å²) in [5.74, 6) is 1.79. The zero-order valence-corrected chi connectivity index (χ0v) is 15.9. The Balaban J connectivity index is 1.74. The Morgan fingerprint density at radius 1 is 0.808 bits per heavy atom. The Labute approximate surface area is 155 Å². The molecule has 2 heterocycles. The van der Waals surface area contributed by atoms with Crippen molar-refractivity contribution in [2.45, 2.75) is 39.9 Å². The quantitative estimate of drug-likeness (QED) is 0.701. The van der Waals surface area contributed by atoms with Gasteiger partial charge in [-0.15, -0.1) is 0 Å². The molecule has 4 rings (SSSR count). The van der Waals surface area contributed by atoms with Crippen LogP contribution >= 0.6 is 0 Å². The van der Waals surface area contributed by atoms with Crippen molar-refractivity contribution in [2.24, 2.45) is 0 Å². The molecule has 2 aromatic rings. The Bertz CT molecular complexity index is 799. The topological polar surface area (TPSA) is 43.5 Å². The minimum absolute atomic E-state index is 0.215. The van der Waals surface area contributed by atoms with Crippen LogP contribution < -0.4 is 9.47 Å². The molecule has 2 aliphatic rings. The van der Waals surface area contributed by atoms with Crippen molar-refractivity contribution in [3.63, 3.8) is 0 Å². The predicted octanol–water partition coefficient (Wildman–Crippen LogP) is 4.14. The minimum Gasteiger partial charge on any atom is -0.490 e. The number of epoxide rings is 2. The number of rotatable bonds is 7. The van der Waals surface area contributed by atoms with Gasteiger partial charge in [0, 0.05) is 11.1 Å². The fraction of sp³-hybridized carbons (Fsp3) is 0.455. The highest BCUT2D eigenvalue weighted by Gasteiger charge is 2.27. The van der Waals surface area contributed by atoms with Crippen LogP contribution in [0.15, 0.2) is 24.3 Å². The van der Waals surface area contributed by atoms with E-state index in [2.05, 4.69) is 52.0 Å². The molecular weight excluding hydrogens is 328 g/mol. The molecule has 0 amide bonds. The van der Waals surface area contributed by atoms with E-state index in [4.69, 9.17) is 18.9 Å². The average molecular weight is 354 g/mol. The summed E-state index contributed by atoms with van der Waals surface area (Å²) in [6.07, 6.45) is 0.448. The van der Waals surface area contributed by atoms with E-state index < -0.39 is 0 Å². The highest BCUT2D eigenvalue weighted by molar-refractivity contribution is 5.76. The minimum atomic E-state index is 0.215. The summed E-state index contributed by atoms with van der Waals surface area (Å²) in [7, 11) is 0. The fourth-order valence-electron chi connectivity index (χ4n) is 3.38. The third-order valence-electron chi connectivity index (χ3n) is 4.81. The van der Waals surface area contributed by atoms with Gasteiger partial charge in [0.1, 0.15) is 36.9 Å². The Hall–Kier alpha value is -2.04. The van der Waals surface area contributed by atoms with E-state index in [0.29, 0.717) is 13.2 Å². The molecule has 2 fully saturated rings. The zero-order chi connectivity index (χ0) is 18.3. The zero-order valence-electron chi connectivity index (χ0n) is 15.9. The van der Waals surface area contributed by atoms with E-state index in [1.54, 1.807) is 0 Å². The lowest BCUT2D eigenvalue weighted by Gasteiger charge is -2.20. The monoisotopic (exact) mass is 354 g/mol. The number of hydrogen-bond donors (Lipinski definition) is 0. The fourth-order valence-corrected chi connectivity index (χ4v) is 3.38. The molecule has 2 atom stereocenters. The van der Waals surface area contributed by atoms with Gasteiger partial charge in [-0.2, -0.15) is 0 Å². The molecule has 4 heteroatoms. The van der Waals surface area contributed by atoms with E-state index in [0.717, 1.165) is 41.4 Å². The third-order valence-corrected chi connectivity index (χ3v) is 4.81. The molecule has 4 nitrogen and oxygen atoms in total. The first-order valence-electron chi connectivity index (χ1n) is 9.23. The molecule has 2 aliphatic heterocycles. The van der Waals surface area contributed by atoms with Crippen LogP contribution in [0.1, 0.15) is 22.3 Å². The molecule has 0 aliphatic carbocycles. The summed E-state index contributed by atoms with van der Waals surface area (Å²) in [5.41, 5.74) is 6.95. The normalized spacial score (nSPS) is 20.8. The van der Waals surface area contributed by atoms with Gasteiger partial charge in [0.2, 0.25) is 0 Å². The predicted molar refractivity (Wildman–Crippen MR) is 101 cm³/mol. The van der Waals surface area contributed by atoms with Crippen LogP contribution in [-0.2, 0) is 9.47 Å². The molecule has 0 radical (unpaired) electrons. The van der Waals surface area contributed by atoms with Gasteiger partial charge in [-0.05, 0) is 44.9 Å². The highest BCUT2D eigenvalue weighted by atomic mass is 16.6. The van der Waals surface area contributed by atoms with E-state index in [1.165, 1.54) is 16.7 Å². The summed E-state index contributed by atoms with van der Waals surface area (Å²) >= 11 is 0. The van der Waals surface area contributed by atoms with Crippen LogP contribution in [0.4, 0.5) is 0 Å². The summed E-state index contributed by atoms with van der Waals surface area (Å²) < 4.78 is 22.9. The maximum Gasteiger partial charge on any atom is 0.133 e. The highest BCUT2D eigenvalue weighted by Crippen LogP contribution is 2.41. The van der Waals surface area contributed by atoms with Crippen LogP contribution in [0.25, 0.3) is 11.1 Å². The summed E-state index contributed by atoms with van der Waals surface area (Å²) in [6.45, 7) is 11.2. The molecule has 2 aromatic carbocycles. The average Bonchev–Trinajstić information content (AvgIpc) is 3.47. The Morgan fingerprint density at radius 2 is 1.35 bits per heavy atom. The maximum atomic E-state index is 6.21. The van der Waals surface area contributed by atoms with Crippen LogP contribution in [0, 0.1) is 27.7 Å². The molecule has 0 bridgehead atoms. The second-order valence-corrected chi connectivity index (χ2v) is 7.43. The summed E-state index contributed by atoms with van der Waals surface area (Å²) in [4.78, 5) is 0. The molecule has 2 unspecified atom stereocenters. The molecule has 2 saturated heterocycles. The lowest BCUT2D eigenvalue weighted by molar-refractivity contribution is 0.249.